The first-order valence-corrected chi connectivity index (χ1v) is 8.35. The van der Waals surface area contributed by atoms with Gasteiger partial charge in [-0.3, -0.25) is 9.69 Å². The molecule has 0 aromatic heterocycles. The maximum Gasteiger partial charge on any atom is 0.270 e. The van der Waals surface area contributed by atoms with E-state index in [1.54, 1.807) is 24.3 Å². The molecule has 0 unspecified atom stereocenters. The van der Waals surface area contributed by atoms with Crippen LogP contribution in [0.25, 0.3) is 6.08 Å². The summed E-state index contributed by atoms with van der Waals surface area (Å²) >= 11 is 6.49. The Morgan fingerprint density at radius 2 is 1.83 bits per heavy atom. The van der Waals surface area contributed by atoms with Crippen LogP contribution < -0.4 is 10.0 Å². The van der Waals surface area contributed by atoms with Gasteiger partial charge in [0.1, 0.15) is 0 Å². The van der Waals surface area contributed by atoms with Crippen LogP contribution in [0, 0.1) is 6.92 Å². The van der Waals surface area contributed by atoms with Crippen molar-refractivity contribution >= 4 is 51.9 Å². The summed E-state index contributed by atoms with van der Waals surface area (Å²) in [4.78, 5) is 25.8. The van der Waals surface area contributed by atoms with Crippen LogP contribution >= 0.6 is 24.0 Å². The first kappa shape index (κ1) is 16.4. The van der Waals surface area contributed by atoms with Crippen LogP contribution in [0.1, 0.15) is 21.5 Å². The van der Waals surface area contributed by atoms with E-state index in [1.165, 1.54) is 11.0 Å². The average Bonchev–Trinajstić information content (AvgIpc) is 2.82. The molecular formula is C18H12NO3S2-. The van der Waals surface area contributed by atoms with Crippen LogP contribution in [0.15, 0.2) is 53.4 Å². The van der Waals surface area contributed by atoms with Gasteiger partial charge in [-0.25, -0.2) is 0 Å². The van der Waals surface area contributed by atoms with E-state index >= 15 is 0 Å². The molecule has 120 valence electrons. The van der Waals surface area contributed by atoms with E-state index in [0.717, 1.165) is 23.0 Å². The Labute approximate surface area is 148 Å². The van der Waals surface area contributed by atoms with Crippen LogP contribution in [0.5, 0.6) is 0 Å². The zero-order chi connectivity index (χ0) is 17.3. The molecule has 2 aromatic rings. The van der Waals surface area contributed by atoms with Crippen LogP contribution in [-0.2, 0) is 4.79 Å². The summed E-state index contributed by atoms with van der Waals surface area (Å²) in [6, 6.07) is 13.9. The van der Waals surface area contributed by atoms with Gasteiger partial charge in [-0.05, 0) is 30.2 Å². The van der Waals surface area contributed by atoms with Gasteiger partial charge in [-0.15, -0.1) is 0 Å². The number of nitrogens with zero attached hydrogens (tertiary/aromatic N) is 1. The molecule has 24 heavy (non-hydrogen) atoms. The zero-order valence-corrected chi connectivity index (χ0v) is 14.3. The Morgan fingerprint density at radius 3 is 2.54 bits per heavy atom. The highest BCUT2D eigenvalue weighted by atomic mass is 32.2. The highest BCUT2D eigenvalue weighted by Crippen LogP contribution is 2.37. The molecule has 0 aliphatic carbocycles. The van der Waals surface area contributed by atoms with Crippen molar-refractivity contribution < 1.29 is 14.7 Å². The van der Waals surface area contributed by atoms with Gasteiger partial charge >= 0.3 is 0 Å². The van der Waals surface area contributed by atoms with Crippen molar-refractivity contribution in [2.24, 2.45) is 0 Å². The zero-order valence-electron chi connectivity index (χ0n) is 12.7. The third-order valence-electron chi connectivity index (χ3n) is 3.62. The van der Waals surface area contributed by atoms with Gasteiger partial charge in [0.25, 0.3) is 5.91 Å². The third kappa shape index (κ3) is 2.98. The monoisotopic (exact) mass is 354 g/mol. The van der Waals surface area contributed by atoms with Crippen molar-refractivity contribution in [1.29, 1.82) is 0 Å². The number of aromatic carboxylic acids is 1. The number of rotatable bonds is 3. The Kier molecular flexibility index (Phi) is 4.51. The predicted molar refractivity (Wildman–Crippen MR) is 97.6 cm³/mol. The van der Waals surface area contributed by atoms with Gasteiger partial charge in [0.05, 0.1) is 16.6 Å². The SMILES string of the molecule is Cc1ccccc1N1C(=O)/C(=C/c2ccccc2C(=O)[O-])SC1=S. The Morgan fingerprint density at radius 1 is 1.17 bits per heavy atom. The second-order valence-corrected chi connectivity index (χ2v) is 6.85. The van der Waals surface area contributed by atoms with E-state index in [1.807, 2.05) is 31.2 Å². The molecule has 6 heteroatoms. The molecule has 1 aliphatic heterocycles. The lowest BCUT2D eigenvalue weighted by atomic mass is 10.1. The molecule has 1 saturated heterocycles. The molecule has 0 bridgehead atoms. The first-order chi connectivity index (χ1) is 11.5. The van der Waals surface area contributed by atoms with Crippen LogP contribution in [-0.4, -0.2) is 16.2 Å². The highest BCUT2D eigenvalue weighted by molar-refractivity contribution is 8.27. The van der Waals surface area contributed by atoms with E-state index in [-0.39, 0.29) is 11.5 Å². The minimum Gasteiger partial charge on any atom is -0.545 e. The molecule has 0 atom stereocenters. The number of anilines is 1. The number of thioether (sulfide) groups is 1. The fourth-order valence-corrected chi connectivity index (χ4v) is 3.72. The second-order valence-electron chi connectivity index (χ2n) is 5.18. The number of hydrogen-bond donors (Lipinski definition) is 0. The Bertz CT molecular complexity index is 889. The fourth-order valence-electron chi connectivity index (χ4n) is 2.44. The first-order valence-electron chi connectivity index (χ1n) is 7.13. The van der Waals surface area contributed by atoms with Crippen molar-refractivity contribution in [3.05, 3.63) is 70.1 Å². The lowest BCUT2D eigenvalue weighted by molar-refractivity contribution is -0.255. The molecule has 0 saturated carbocycles. The lowest BCUT2D eigenvalue weighted by Gasteiger charge is -2.16. The molecule has 0 N–H and O–H groups in total. The number of carboxylic acid groups (broad SMARTS) is 1. The molecule has 1 heterocycles. The van der Waals surface area contributed by atoms with E-state index in [2.05, 4.69) is 0 Å². The summed E-state index contributed by atoms with van der Waals surface area (Å²) in [6.07, 6.45) is 1.54. The topological polar surface area (TPSA) is 60.4 Å². The lowest BCUT2D eigenvalue weighted by Crippen LogP contribution is -2.28. The number of para-hydroxylation sites is 1. The summed E-state index contributed by atoms with van der Waals surface area (Å²) in [6.45, 7) is 1.91. The van der Waals surface area contributed by atoms with Crippen molar-refractivity contribution in [1.82, 2.24) is 0 Å². The fraction of sp³-hybridized carbons (Fsp3) is 0.0556. The number of amides is 1. The standard InChI is InChI=1S/C18H13NO3S2/c1-11-6-2-5-9-14(11)19-16(20)15(24-18(19)23)10-12-7-3-4-8-13(12)17(21)22/h2-10H,1H3,(H,21,22)/p-1/b15-10-. The molecule has 0 radical (unpaired) electrons. The summed E-state index contributed by atoms with van der Waals surface area (Å²) in [5, 5.41) is 11.2. The van der Waals surface area contributed by atoms with E-state index < -0.39 is 5.97 Å². The molecule has 3 rings (SSSR count). The maximum absolute atomic E-state index is 12.7. The molecule has 1 amide bonds. The van der Waals surface area contributed by atoms with E-state index in [9.17, 15) is 14.7 Å². The number of carboxylic acids is 1. The summed E-state index contributed by atoms with van der Waals surface area (Å²) in [7, 11) is 0. The van der Waals surface area contributed by atoms with Gasteiger partial charge in [0.15, 0.2) is 4.32 Å². The predicted octanol–water partition coefficient (Wildman–Crippen LogP) is 2.76. The van der Waals surface area contributed by atoms with Crippen molar-refractivity contribution in [2.45, 2.75) is 6.92 Å². The minimum absolute atomic E-state index is 0.0404. The number of benzene rings is 2. The summed E-state index contributed by atoms with van der Waals surface area (Å²) in [5.74, 6) is -1.54. The van der Waals surface area contributed by atoms with Crippen LogP contribution in [0.4, 0.5) is 5.69 Å². The van der Waals surface area contributed by atoms with Crippen molar-refractivity contribution in [3.63, 3.8) is 0 Å². The van der Waals surface area contributed by atoms with Gasteiger partial charge < -0.3 is 9.90 Å². The summed E-state index contributed by atoms with van der Waals surface area (Å²) < 4.78 is 0.423. The number of hydrogen-bond acceptors (Lipinski definition) is 5. The molecule has 1 aliphatic rings. The van der Waals surface area contributed by atoms with Crippen molar-refractivity contribution in [3.8, 4) is 0 Å². The largest absolute Gasteiger partial charge is 0.545 e. The molecular weight excluding hydrogens is 342 g/mol. The smallest absolute Gasteiger partial charge is 0.270 e. The Balaban J connectivity index is 2.01. The van der Waals surface area contributed by atoms with Crippen LogP contribution in [0.2, 0.25) is 0 Å². The van der Waals surface area contributed by atoms with Gasteiger partial charge in [0.2, 0.25) is 0 Å². The molecule has 4 nitrogen and oxygen atoms in total. The maximum atomic E-state index is 12.7. The number of carbonyl (C=O) groups is 2. The molecule has 1 fully saturated rings. The van der Waals surface area contributed by atoms with Crippen LogP contribution in [0.3, 0.4) is 0 Å². The molecule has 0 spiro atoms. The second kappa shape index (κ2) is 6.59. The quantitative estimate of drug-likeness (QED) is 0.627. The van der Waals surface area contributed by atoms with E-state index in [4.69, 9.17) is 12.2 Å². The van der Waals surface area contributed by atoms with Gasteiger partial charge in [-0.2, -0.15) is 0 Å². The van der Waals surface area contributed by atoms with E-state index in [0.29, 0.717) is 14.8 Å². The summed E-state index contributed by atoms with van der Waals surface area (Å²) in [5.41, 5.74) is 2.13. The minimum atomic E-state index is -1.28. The number of thiocarbonyl (C=S) groups is 1. The highest BCUT2D eigenvalue weighted by Gasteiger charge is 2.34. The normalized spacial score (nSPS) is 16.0. The van der Waals surface area contributed by atoms with Gasteiger partial charge in [0, 0.05) is 5.56 Å². The Hall–Kier alpha value is -2.44. The molecule has 2 aromatic carbocycles. The number of aryl methyl sites for hydroxylation is 1. The average molecular weight is 354 g/mol. The van der Waals surface area contributed by atoms with Crippen molar-refractivity contribution in [2.75, 3.05) is 4.90 Å². The third-order valence-corrected chi connectivity index (χ3v) is 4.92. The van der Waals surface area contributed by atoms with Gasteiger partial charge in [-0.1, -0.05) is 66.4 Å². The number of carbonyl (C=O) groups excluding carboxylic acids is 2.